The van der Waals surface area contributed by atoms with Crippen LogP contribution in [0.4, 0.5) is 11.5 Å². The number of hydrogen-bond acceptors (Lipinski definition) is 4. The first-order valence-corrected chi connectivity index (χ1v) is 6.65. The first kappa shape index (κ1) is 12.2. The summed E-state index contributed by atoms with van der Waals surface area (Å²) in [4.78, 5) is 8.18. The highest BCUT2D eigenvalue weighted by molar-refractivity contribution is 8.26. The average molecular weight is 264 g/mol. The van der Waals surface area contributed by atoms with Crippen LogP contribution >= 0.6 is 21.4 Å². The van der Waals surface area contributed by atoms with Gasteiger partial charge in [-0.25, -0.2) is 14.2 Å². The molecule has 0 aromatic carbocycles. The minimum atomic E-state index is -1.67. The first-order valence-electron chi connectivity index (χ1n) is 3.85. The zero-order chi connectivity index (χ0) is 11.1. The van der Waals surface area contributed by atoms with Crippen molar-refractivity contribution in [2.24, 2.45) is 4.99 Å². The van der Waals surface area contributed by atoms with E-state index in [4.69, 9.17) is 4.21 Å². The Labute approximate surface area is 98.5 Å². The Morgan fingerprint density at radius 3 is 2.87 bits per heavy atom. The number of nitrogens with zero attached hydrogens (tertiary/aromatic N) is 2. The molecule has 7 heteroatoms. The monoisotopic (exact) mass is 263 g/mol. The molecular formula is C8H7Cl2N3OS. The fourth-order valence-electron chi connectivity index (χ4n) is 0.907. The molecule has 1 aliphatic rings. The van der Waals surface area contributed by atoms with Gasteiger partial charge in [0.05, 0.1) is 5.69 Å². The maximum Gasteiger partial charge on any atom is 0.211 e. The third-order valence-corrected chi connectivity index (χ3v) is 1.40. The topological polar surface area (TPSA) is 54.4 Å². The molecule has 1 aromatic heterocycles. The lowest BCUT2D eigenvalue weighted by atomic mass is 10.4. The van der Waals surface area contributed by atoms with Gasteiger partial charge >= 0.3 is 0 Å². The fraction of sp³-hybridized carbons (Fsp3) is 0. The van der Waals surface area contributed by atoms with Crippen LogP contribution in [-0.4, -0.2) is 15.4 Å². The van der Waals surface area contributed by atoms with Crippen LogP contribution < -0.4 is 5.32 Å². The Balaban J connectivity index is 0.000000245. The summed E-state index contributed by atoms with van der Waals surface area (Å²) in [5.74, 6) is 0.734. The number of fused-ring (bicyclic) bond motifs is 1. The summed E-state index contributed by atoms with van der Waals surface area (Å²) in [7, 11) is 7.36. The van der Waals surface area contributed by atoms with Crippen molar-refractivity contribution in [3.05, 3.63) is 30.6 Å². The Hall–Kier alpha value is -0.910. The van der Waals surface area contributed by atoms with Crippen LogP contribution in [0.3, 0.4) is 0 Å². The van der Waals surface area contributed by atoms with Crippen LogP contribution in [-0.2, 0) is 9.23 Å². The maximum atomic E-state index is 9.09. The van der Waals surface area contributed by atoms with E-state index in [0.717, 1.165) is 11.5 Å². The molecule has 0 spiro atoms. The van der Waals surface area contributed by atoms with E-state index in [1.165, 1.54) is 0 Å². The van der Waals surface area contributed by atoms with Crippen LogP contribution in [0.1, 0.15) is 0 Å². The quantitative estimate of drug-likeness (QED) is 0.733. The summed E-state index contributed by atoms with van der Waals surface area (Å²) >= 11 is 0. The van der Waals surface area contributed by atoms with Gasteiger partial charge in [-0.3, -0.25) is 0 Å². The van der Waals surface area contributed by atoms with Crippen molar-refractivity contribution in [2.45, 2.75) is 0 Å². The van der Waals surface area contributed by atoms with Crippen molar-refractivity contribution >= 4 is 48.3 Å². The summed E-state index contributed by atoms with van der Waals surface area (Å²) in [5.41, 5.74) is 0.942. The van der Waals surface area contributed by atoms with Crippen molar-refractivity contribution in [1.82, 2.24) is 4.98 Å². The van der Waals surface area contributed by atoms with E-state index in [0.29, 0.717) is 0 Å². The predicted molar refractivity (Wildman–Crippen MR) is 65.0 cm³/mol. The van der Waals surface area contributed by atoms with Gasteiger partial charge < -0.3 is 5.32 Å². The van der Waals surface area contributed by atoms with Gasteiger partial charge in [0.1, 0.15) is 0 Å². The first-order chi connectivity index (χ1) is 7.20. The Bertz CT molecular complexity index is 405. The molecule has 0 saturated heterocycles. The minimum absolute atomic E-state index is 0.734. The number of hydrogen-bond donors (Lipinski definition) is 1. The highest BCUT2D eigenvalue weighted by atomic mass is 36.0. The second-order valence-corrected chi connectivity index (χ2v) is 4.86. The van der Waals surface area contributed by atoms with E-state index in [-0.39, 0.29) is 0 Å². The normalized spacial score (nSPS) is 12.2. The third kappa shape index (κ3) is 4.92. The maximum absolute atomic E-state index is 9.09. The van der Waals surface area contributed by atoms with Crippen LogP contribution in [0.15, 0.2) is 35.6 Å². The van der Waals surface area contributed by atoms with E-state index >= 15 is 0 Å². The molecule has 15 heavy (non-hydrogen) atoms. The minimum Gasteiger partial charge on any atom is -0.359 e. The molecule has 1 aliphatic heterocycles. The average Bonchev–Trinajstić information content (AvgIpc) is 2.41. The van der Waals surface area contributed by atoms with Crippen molar-refractivity contribution in [3.63, 3.8) is 0 Å². The van der Waals surface area contributed by atoms with E-state index in [2.05, 4.69) is 36.7 Å². The van der Waals surface area contributed by atoms with Gasteiger partial charge in [0.25, 0.3) is 0 Å². The zero-order valence-electron chi connectivity index (χ0n) is 7.43. The highest BCUT2D eigenvalue weighted by Gasteiger charge is 1.98. The van der Waals surface area contributed by atoms with E-state index in [9.17, 15) is 0 Å². The molecule has 0 unspecified atom stereocenters. The SMILES string of the molecule is C1=CNc2cccnc2N=C1.O=S(Cl)Cl. The lowest BCUT2D eigenvalue weighted by molar-refractivity contribution is 0.698. The van der Waals surface area contributed by atoms with Crippen LogP contribution in [0.5, 0.6) is 0 Å². The fourth-order valence-corrected chi connectivity index (χ4v) is 0.907. The lowest BCUT2D eigenvalue weighted by Gasteiger charge is -1.99. The number of halogens is 2. The molecule has 0 radical (unpaired) electrons. The van der Waals surface area contributed by atoms with Gasteiger partial charge in [-0.2, -0.15) is 0 Å². The lowest BCUT2D eigenvalue weighted by Crippen LogP contribution is -1.86. The van der Waals surface area contributed by atoms with Crippen molar-refractivity contribution in [3.8, 4) is 0 Å². The van der Waals surface area contributed by atoms with Gasteiger partial charge in [-0.1, -0.05) is 0 Å². The van der Waals surface area contributed by atoms with Crippen LogP contribution in [0.25, 0.3) is 0 Å². The van der Waals surface area contributed by atoms with Gasteiger partial charge in [-0.15, -0.1) is 0 Å². The van der Waals surface area contributed by atoms with E-state index in [1.807, 2.05) is 24.4 Å². The summed E-state index contributed by atoms with van der Waals surface area (Å²) in [6, 6.07) is 3.82. The summed E-state index contributed by atoms with van der Waals surface area (Å²) in [6.45, 7) is 0. The molecule has 2 rings (SSSR count). The number of aromatic nitrogens is 1. The van der Waals surface area contributed by atoms with Gasteiger partial charge in [-0.05, 0) is 18.2 Å². The molecule has 1 aromatic rings. The van der Waals surface area contributed by atoms with E-state index in [1.54, 1.807) is 12.4 Å². The summed E-state index contributed by atoms with van der Waals surface area (Å²) < 4.78 is 9.09. The molecule has 80 valence electrons. The number of allylic oxidation sites excluding steroid dienone is 1. The second-order valence-electron chi connectivity index (χ2n) is 2.34. The number of nitrogens with one attached hydrogen (secondary N) is 1. The standard InChI is InChI=1S/C8H7N3.Cl2OS/c1-3-7-8(10-4-1)11-6-2-5-9-7;1-4(2)3/h1-6,9H;. The van der Waals surface area contributed by atoms with Gasteiger partial charge in [0.2, 0.25) is 9.23 Å². The predicted octanol–water partition coefficient (Wildman–Crippen LogP) is 2.77. The molecular weight excluding hydrogens is 257 g/mol. The zero-order valence-corrected chi connectivity index (χ0v) is 9.76. The molecule has 0 bridgehead atoms. The number of pyridine rings is 1. The number of aliphatic imine (C=N–C) groups is 1. The highest BCUT2D eigenvalue weighted by Crippen LogP contribution is 2.21. The Morgan fingerprint density at radius 2 is 2.13 bits per heavy atom. The van der Waals surface area contributed by atoms with Crippen LogP contribution in [0.2, 0.25) is 0 Å². The summed E-state index contributed by atoms with van der Waals surface area (Å²) in [5, 5.41) is 3.06. The largest absolute Gasteiger partial charge is 0.359 e. The Kier molecular flexibility index (Phi) is 5.31. The van der Waals surface area contributed by atoms with E-state index < -0.39 is 9.23 Å². The molecule has 1 N–H and O–H groups in total. The third-order valence-electron chi connectivity index (χ3n) is 1.40. The van der Waals surface area contributed by atoms with Crippen molar-refractivity contribution < 1.29 is 4.21 Å². The molecule has 0 amide bonds. The molecule has 0 atom stereocenters. The van der Waals surface area contributed by atoms with Crippen LogP contribution in [0, 0.1) is 0 Å². The second kappa shape index (κ2) is 6.55. The molecule has 4 nitrogen and oxygen atoms in total. The molecule has 2 heterocycles. The van der Waals surface area contributed by atoms with Gasteiger partial charge in [0.15, 0.2) is 5.82 Å². The molecule has 0 fully saturated rings. The molecule has 0 aliphatic carbocycles. The van der Waals surface area contributed by atoms with Crippen molar-refractivity contribution in [2.75, 3.05) is 5.32 Å². The summed E-state index contributed by atoms with van der Waals surface area (Å²) in [6.07, 6.45) is 7.10. The number of anilines is 1. The molecule has 0 saturated carbocycles. The Morgan fingerprint density at radius 1 is 1.40 bits per heavy atom. The van der Waals surface area contributed by atoms with Gasteiger partial charge in [0, 0.05) is 40.0 Å². The number of rotatable bonds is 0. The van der Waals surface area contributed by atoms with Crippen molar-refractivity contribution in [1.29, 1.82) is 0 Å². The smallest absolute Gasteiger partial charge is 0.211 e.